The van der Waals surface area contributed by atoms with E-state index >= 15 is 0 Å². The van der Waals surface area contributed by atoms with Crippen LogP contribution in [0.4, 0.5) is 0 Å². The third-order valence-corrected chi connectivity index (χ3v) is 2.57. The van der Waals surface area contributed by atoms with Gasteiger partial charge in [0.2, 0.25) is 0 Å². The van der Waals surface area contributed by atoms with Crippen molar-refractivity contribution in [3.63, 3.8) is 0 Å². The summed E-state index contributed by atoms with van der Waals surface area (Å²) in [5.41, 5.74) is 1.47. The molecular weight excluding hydrogens is 178 g/mol. The molecule has 0 amide bonds. The molecule has 0 saturated heterocycles. The van der Waals surface area contributed by atoms with Gasteiger partial charge in [0, 0.05) is 19.3 Å². The van der Waals surface area contributed by atoms with Crippen LogP contribution in [0.25, 0.3) is 5.70 Å². The summed E-state index contributed by atoms with van der Waals surface area (Å²) in [5.74, 6) is 0. The standard InChI is InChI=1S/C10H13N3O/c1-12-8-6-10(13(12,2)14)9-5-3-4-7-11-9/h3-7H,8H2,1-2H3. The highest BCUT2D eigenvalue weighted by atomic mass is 16.6. The number of nitrogens with zero attached hydrogens (tertiary/aromatic N) is 3. The minimum Gasteiger partial charge on any atom is -0.606 e. The lowest BCUT2D eigenvalue weighted by molar-refractivity contribution is -0.903. The summed E-state index contributed by atoms with van der Waals surface area (Å²) in [7, 11) is 3.42. The lowest BCUT2D eigenvalue weighted by atomic mass is 10.2. The second-order valence-corrected chi connectivity index (χ2v) is 3.52. The van der Waals surface area contributed by atoms with Gasteiger partial charge >= 0.3 is 0 Å². The van der Waals surface area contributed by atoms with E-state index in [4.69, 9.17) is 0 Å². The summed E-state index contributed by atoms with van der Waals surface area (Å²) in [4.78, 5) is 4.18. The highest BCUT2D eigenvalue weighted by Crippen LogP contribution is 2.29. The van der Waals surface area contributed by atoms with Crippen molar-refractivity contribution in [1.82, 2.24) is 9.99 Å². The first kappa shape index (κ1) is 9.33. The van der Waals surface area contributed by atoms with E-state index in [-0.39, 0.29) is 0 Å². The van der Waals surface area contributed by atoms with Crippen LogP contribution in [0.2, 0.25) is 0 Å². The first-order valence-corrected chi connectivity index (χ1v) is 4.53. The van der Waals surface area contributed by atoms with Gasteiger partial charge in [-0.3, -0.25) is 4.98 Å². The maximum Gasteiger partial charge on any atom is 0.175 e. The second-order valence-electron chi connectivity index (χ2n) is 3.52. The zero-order chi connectivity index (χ0) is 10.2. The molecule has 0 spiro atoms. The summed E-state index contributed by atoms with van der Waals surface area (Å²) >= 11 is 0. The average molecular weight is 191 g/mol. The zero-order valence-corrected chi connectivity index (χ0v) is 8.34. The summed E-state index contributed by atoms with van der Waals surface area (Å²) in [6.07, 6.45) is 3.63. The summed E-state index contributed by atoms with van der Waals surface area (Å²) in [6, 6.07) is 5.60. The summed E-state index contributed by atoms with van der Waals surface area (Å²) < 4.78 is -0.475. The molecule has 0 aliphatic carbocycles. The van der Waals surface area contributed by atoms with Crippen LogP contribution in [0.3, 0.4) is 0 Å². The Hall–Kier alpha value is -1.23. The monoisotopic (exact) mass is 191 g/mol. The molecule has 2 heterocycles. The van der Waals surface area contributed by atoms with Crippen molar-refractivity contribution >= 4 is 5.70 Å². The molecule has 4 heteroatoms. The smallest absolute Gasteiger partial charge is 0.175 e. The Kier molecular flexibility index (Phi) is 2.11. The Morgan fingerprint density at radius 3 is 2.79 bits per heavy atom. The molecule has 1 aliphatic heterocycles. The molecule has 0 N–H and O–H groups in total. The van der Waals surface area contributed by atoms with E-state index in [0.29, 0.717) is 12.2 Å². The van der Waals surface area contributed by atoms with E-state index < -0.39 is 4.76 Å². The SMILES string of the molecule is CN1CC=C(c2ccccn2)[N+]1(C)[O-]. The van der Waals surface area contributed by atoms with Crippen molar-refractivity contribution in [2.24, 2.45) is 0 Å². The molecule has 1 aliphatic rings. The molecule has 1 aromatic heterocycles. The Bertz CT molecular complexity index is 359. The van der Waals surface area contributed by atoms with Gasteiger partial charge < -0.3 is 5.21 Å². The van der Waals surface area contributed by atoms with Crippen LogP contribution < -0.4 is 0 Å². The number of hydrogen-bond donors (Lipinski definition) is 0. The topological polar surface area (TPSA) is 39.2 Å². The van der Waals surface area contributed by atoms with Crippen molar-refractivity contribution < 1.29 is 4.76 Å². The second kappa shape index (κ2) is 3.16. The minimum absolute atomic E-state index is 0.475. The van der Waals surface area contributed by atoms with Gasteiger partial charge in [-0.05, 0) is 12.1 Å². The van der Waals surface area contributed by atoms with Crippen molar-refractivity contribution in [3.05, 3.63) is 41.4 Å². The fourth-order valence-corrected chi connectivity index (χ4v) is 1.56. The van der Waals surface area contributed by atoms with E-state index in [2.05, 4.69) is 4.98 Å². The van der Waals surface area contributed by atoms with Gasteiger partial charge in [0.25, 0.3) is 0 Å². The number of likely N-dealkylation sites (N-methyl/N-ethyl adjacent to an activating group) is 1. The number of pyridine rings is 1. The minimum atomic E-state index is -0.475. The molecule has 74 valence electrons. The van der Waals surface area contributed by atoms with Gasteiger partial charge in [-0.25, -0.2) is 4.76 Å². The van der Waals surface area contributed by atoms with Gasteiger partial charge in [-0.1, -0.05) is 6.07 Å². The first-order chi connectivity index (χ1) is 6.62. The van der Waals surface area contributed by atoms with Crippen molar-refractivity contribution in [2.45, 2.75) is 0 Å². The molecule has 1 aromatic rings. The number of rotatable bonds is 1. The van der Waals surface area contributed by atoms with Crippen LogP contribution in [-0.2, 0) is 0 Å². The molecule has 1 atom stereocenters. The number of hydrogen-bond acceptors (Lipinski definition) is 3. The normalized spacial score (nSPS) is 27.8. The van der Waals surface area contributed by atoms with E-state index in [0.717, 1.165) is 5.69 Å². The molecule has 0 saturated carbocycles. The van der Waals surface area contributed by atoms with Crippen LogP contribution in [0.1, 0.15) is 5.69 Å². The van der Waals surface area contributed by atoms with Crippen molar-refractivity contribution in [1.29, 1.82) is 0 Å². The van der Waals surface area contributed by atoms with Crippen LogP contribution in [0, 0.1) is 5.21 Å². The highest BCUT2D eigenvalue weighted by molar-refractivity contribution is 5.57. The van der Waals surface area contributed by atoms with Crippen molar-refractivity contribution in [2.75, 3.05) is 20.6 Å². The molecule has 2 rings (SSSR count). The van der Waals surface area contributed by atoms with Gasteiger partial charge in [-0.2, -0.15) is 0 Å². The van der Waals surface area contributed by atoms with E-state index in [1.54, 1.807) is 25.3 Å². The van der Waals surface area contributed by atoms with Gasteiger partial charge in [0.1, 0.15) is 5.69 Å². The Balaban J connectivity index is 2.38. The molecule has 0 bridgehead atoms. The summed E-state index contributed by atoms with van der Waals surface area (Å²) in [5, 5.41) is 13.8. The fraction of sp³-hybridized carbons (Fsp3) is 0.300. The molecule has 0 aromatic carbocycles. The maximum atomic E-state index is 12.1. The first-order valence-electron chi connectivity index (χ1n) is 4.53. The highest BCUT2D eigenvalue weighted by Gasteiger charge is 2.31. The average Bonchev–Trinajstić information content (AvgIpc) is 2.44. The quantitative estimate of drug-likeness (QED) is 0.495. The van der Waals surface area contributed by atoms with Crippen LogP contribution in [0.5, 0.6) is 0 Å². The predicted octanol–water partition coefficient (Wildman–Crippen LogP) is 1.23. The maximum absolute atomic E-state index is 12.1. The van der Waals surface area contributed by atoms with Gasteiger partial charge in [0.15, 0.2) is 5.70 Å². The zero-order valence-electron chi connectivity index (χ0n) is 8.34. The van der Waals surface area contributed by atoms with Gasteiger partial charge in [-0.15, -0.1) is 5.01 Å². The largest absolute Gasteiger partial charge is 0.606 e. The Labute approximate surface area is 83.2 Å². The lowest BCUT2D eigenvalue weighted by Crippen LogP contribution is -2.45. The van der Waals surface area contributed by atoms with E-state index in [9.17, 15) is 5.21 Å². The predicted molar refractivity (Wildman–Crippen MR) is 54.4 cm³/mol. The van der Waals surface area contributed by atoms with Crippen LogP contribution >= 0.6 is 0 Å². The molecular formula is C10H13N3O. The Morgan fingerprint density at radius 2 is 2.29 bits per heavy atom. The number of aromatic nitrogens is 1. The summed E-state index contributed by atoms with van der Waals surface area (Å²) in [6.45, 7) is 0.673. The van der Waals surface area contributed by atoms with E-state index in [1.165, 1.54) is 0 Å². The van der Waals surface area contributed by atoms with E-state index in [1.807, 2.05) is 24.3 Å². The Morgan fingerprint density at radius 1 is 1.50 bits per heavy atom. The lowest BCUT2D eigenvalue weighted by Gasteiger charge is -2.40. The molecule has 1 unspecified atom stereocenters. The van der Waals surface area contributed by atoms with Crippen LogP contribution in [0.15, 0.2) is 30.5 Å². The van der Waals surface area contributed by atoms with Crippen LogP contribution in [-0.4, -0.2) is 35.4 Å². The van der Waals surface area contributed by atoms with Crippen molar-refractivity contribution in [3.8, 4) is 0 Å². The molecule has 0 fully saturated rings. The fourth-order valence-electron chi connectivity index (χ4n) is 1.56. The molecule has 0 radical (unpaired) electrons. The third kappa shape index (κ3) is 1.33. The third-order valence-electron chi connectivity index (χ3n) is 2.57. The number of hydroxylamine groups is 2. The van der Waals surface area contributed by atoms with Gasteiger partial charge in [0.05, 0.1) is 13.6 Å². The molecule has 14 heavy (non-hydrogen) atoms. The molecule has 4 nitrogen and oxygen atoms in total. The number of quaternary nitrogens is 1.